The normalized spacial score (nSPS) is 10.9. The highest BCUT2D eigenvalue weighted by Crippen LogP contribution is 2.27. The number of hydrogen-bond acceptors (Lipinski definition) is 3. The maximum atomic E-state index is 12.3. The van der Waals surface area contributed by atoms with E-state index in [-0.39, 0.29) is 11.8 Å². The van der Waals surface area contributed by atoms with E-state index < -0.39 is 0 Å². The van der Waals surface area contributed by atoms with Crippen molar-refractivity contribution in [2.75, 3.05) is 5.32 Å². The summed E-state index contributed by atoms with van der Waals surface area (Å²) in [6.07, 6.45) is 0. The predicted molar refractivity (Wildman–Crippen MR) is 79.7 cm³/mol. The van der Waals surface area contributed by atoms with E-state index in [9.17, 15) is 4.79 Å². The van der Waals surface area contributed by atoms with E-state index in [0.29, 0.717) is 32.8 Å². The molecule has 1 aromatic carbocycles. The number of halogens is 2. The maximum absolute atomic E-state index is 12.3. The summed E-state index contributed by atoms with van der Waals surface area (Å²) in [6.45, 7) is 5.62. The van der Waals surface area contributed by atoms with Crippen molar-refractivity contribution in [3.8, 4) is 0 Å². The van der Waals surface area contributed by atoms with Gasteiger partial charge in [-0.1, -0.05) is 42.2 Å². The molecule has 0 saturated heterocycles. The number of carbonyl (C=O) groups is 1. The molecule has 2 rings (SSSR count). The van der Waals surface area contributed by atoms with Crippen LogP contribution in [-0.2, 0) is 0 Å². The Bertz CT molecular complexity index is 651. The summed E-state index contributed by atoms with van der Waals surface area (Å²) in [6, 6.07) is 4.91. The van der Waals surface area contributed by atoms with E-state index in [1.54, 1.807) is 25.1 Å². The molecule has 1 heterocycles. The van der Waals surface area contributed by atoms with Gasteiger partial charge in [0.1, 0.15) is 5.56 Å². The molecule has 0 bridgehead atoms. The van der Waals surface area contributed by atoms with Gasteiger partial charge < -0.3 is 9.84 Å². The molecule has 2 aromatic rings. The number of nitrogens with one attached hydrogen (secondary N) is 1. The second-order valence-electron chi connectivity index (χ2n) is 4.74. The van der Waals surface area contributed by atoms with Crippen LogP contribution in [0, 0.1) is 6.92 Å². The van der Waals surface area contributed by atoms with Crippen LogP contribution in [-0.4, -0.2) is 11.1 Å². The standard InChI is InChI=1S/C14H14Cl2N2O2/c1-7(2)13-12(8(3)18-20-13)14(19)17-9-4-5-10(15)11(16)6-9/h4-7H,1-3H3,(H,17,19). The van der Waals surface area contributed by atoms with Gasteiger partial charge in [0.05, 0.1) is 15.7 Å². The Hall–Kier alpha value is -1.52. The molecule has 1 N–H and O–H groups in total. The summed E-state index contributed by atoms with van der Waals surface area (Å²) in [5, 5.41) is 7.44. The molecule has 0 unspecified atom stereocenters. The highest BCUT2D eigenvalue weighted by atomic mass is 35.5. The van der Waals surface area contributed by atoms with E-state index in [4.69, 9.17) is 27.7 Å². The van der Waals surface area contributed by atoms with Gasteiger partial charge in [-0.15, -0.1) is 0 Å². The fourth-order valence-corrected chi connectivity index (χ4v) is 2.12. The van der Waals surface area contributed by atoms with Gasteiger partial charge in [0, 0.05) is 11.6 Å². The molecule has 0 radical (unpaired) electrons. The zero-order valence-corrected chi connectivity index (χ0v) is 12.8. The van der Waals surface area contributed by atoms with E-state index in [1.165, 1.54) is 0 Å². The van der Waals surface area contributed by atoms with Crippen LogP contribution in [0.3, 0.4) is 0 Å². The molecule has 1 amide bonds. The number of anilines is 1. The predicted octanol–water partition coefficient (Wildman–Crippen LogP) is 4.67. The maximum Gasteiger partial charge on any atom is 0.261 e. The summed E-state index contributed by atoms with van der Waals surface area (Å²) in [5.41, 5.74) is 1.59. The Kier molecular flexibility index (Phi) is 4.35. The lowest BCUT2D eigenvalue weighted by Crippen LogP contribution is -2.14. The molecular formula is C14H14Cl2N2O2. The molecule has 106 valence electrons. The number of aromatic nitrogens is 1. The molecule has 0 fully saturated rings. The third-order valence-corrected chi connectivity index (χ3v) is 3.56. The minimum absolute atomic E-state index is 0.0748. The highest BCUT2D eigenvalue weighted by Gasteiger charge is 2.22. The van der Waals surface area contributed by atoms with Crippen molar-refractivity contribution in [2.24, 2.45) is 0 Å². The molecule has 0 aliphatic heterocycles. The summed E-state index contributed by atoms with van der Waals surface area (Å²) in [5.74, 6) is 0.372. The Morgan fingerprint density at radius 3 is 2.60 bits per heavy atom. The number of nitrogens with zero attached hydrogens (tertiary/aromatic N) is 1. The van der Waals surface area contributed by atoms with Crippen LogP contribution < -0.4 is 5.32 Å². The summed E-state index contributed by atoms with van der Waals surface area (Å²) in [4.78, 5) is 12.3. The van der Waals surface area contributed by atoms with Gasteiger partial charge in [-0.3, -0.25) is 4.79 Å². The molecule has 0 atom stereocenters. The van der Waals surface area contributed by atoms with Crippen LogP contribution >= 0.6 is 23.2 Å². The molecule has 20 heavy (non-hydrogen) atoms. The van der Waals surface area contributed by atoms with Crippen LogP contribution in [0.15, 0.2) is 22.7 Å². The van der Waals surface area contributed by atoms with Crippen molar-refractivity contribution < 1.29 is 9.32 Å². The van der Waals surface area contributed by atoms with Crippen LogP contribution in [0.4, 0.5) is 5.69 Å². The topological polar surface area (TPSA) is 55.1 Å². The zero-order valence-electron chi connectivity index (χ0n) is 11.3. The third-order valence-electron chi connectivity index (χ3n) is 2.82. The first-order chi connectivity index (χ1) is 9.40. The van der Waals surface area contributed by atoms with Crippen molar-refractivity contribution in [1.82, 2.24) is 5.16 Å². The van der Waals surface area contributed by atoms with Crippen LogP contribution in [0.2, 0.25) is 10.0 Å². The number of aryl methyl sites for hydroxylation is 1. The number of rotatable bonds is 3. The lowest BCUT2D eigenvalue weighted by molar-refractivity contribution is 0.102. The molecular weight excluding hydrogens is 299 g/mol. The molecule has 0 aliphatic rings. The Labute approximate surface area is 127 Å². The van der Waals surface area contributed by atoms with Crippen LogP contribution in [0.5, 0.6) is 0 Å². The third kappa shape index (κ3) is 2.97. The van der Waals surface area contributed by atoms with Crippen LogP contribution in [0.25, 0.3) is 0 Å². The van der Waals surface area contributed by atoms with Crippen molar-refractivity contribution in [3.63, 3.8) is 0 Å². The Morgan fingerprint density at radius 2 is 2.00 bits per heavy atom. The van der Waals surface area contributed by atoms with Gasteiger partial charge in [-0.25, -0.2) is 0 Å². The first kappa shape index (κ1) is 14.9. The lowest BCUT2D eigenvalue weighted by Gasteiger charge is -2.08. The summed E-state index contributed by atoms with van der Waals surface area (Å²) >= 11 is 11.8. The second kappa shape index (κ2) is 5.85. The molecule has 0 aliphatic carbocycles. The SMILES string of the molecule is Cc1noc(C(C)C)c1C(=O)Nc1ccc(Cl)c(Cl)c1. The minimum Gasteiger partial charge on any atom is -0.360 e. The molecule has 0 saturated carbocycles. The number of hydrogen-bond donors (Lipinski definition) is 1. The molecule has 4 nitrogen and oxygen atoms in total. The molecule has 0 spiro atoms. The van der Waals surface area contributed by atoms with Gasteiger partial charge in [0.25, 0.3) is 5.91 Å². The van der Waals surface area contributed by atoms with Gasteiger partial charge in [-0.05, 0) is 25.1 Å². The highest BCUT2D eigenvalue weighted by molar-refractivity contribution is 6.42. The fourth-order valence-electron chi connectivity index (χ4n) is 1.82. The average molecular weight is 313 g/mol. The Balaban J connectivity index is 2.28. The first-order valence-corrected chi connectivity index (χ1v) is 6.88. The van der Waals surface area contributed by atoms with E-state index in [1.807, 2.05) is 13.8 Å². The van der Waals surface area contributed by atoms with Gasteiger partial charge in [-0.2, -0.15) is 0 Å². The average Bonchev–Trinajstić information content (AvgIpc) is 2.76. The van der Waals surface area contributed by atoms with Gasteiger partial charge >= 0.3 is 0 Å². The van der Waals surface area contributed by atoms with Crippen molar-refractivity contribution >= 4 is 34.8 Å². The van der Waals surface area contributed by atoms with Gasteiger partial charge in [0.2, 0.25) is 0 Å². The molecule has 1 aromatic heterocycles. The smallest absolute Gasteiger partial charge is 0.261 e. The second-order valence-corrected chi connectivity index (χ2v) is 5.56. The fraction of sp³-hybridized carbons (Fsp3) is 0.286. The van der Waals surface area contributed by atoms with Crippen LogP contribution in [0.1, 0.15) is 41.6 Å². The van der Waals surface area contributed by atoms with Crippen molar-refractivity contribution in [2.45, 2.75) is 26.7 Å². The minimum atomic E-state index is -0.272. The summed E-state index contributed by atoms with van der Waals surface area (Å²) < 4.78 is 5.20. The lowest BCUT2D eigenvalue weighted by atomic mass is 10.0. The quantitative estimate of drug-likeness (QED) is 0.896. The van der Waals surface area contributed by atoms with Crippen molar-refractivity contribution in [1.29, 1.82) is 0 Å². The van der Waals surface area contributed by atoms with Gasteiger partial charge in [0.15, 0.2) is 5.76 Å². The first-order valence-electron chi connectivity index (χ1n) is 6.12. The van der Waals surface area contributed by atoms with E-state index in [0.717, 1.165) is 0 Å². The monoisotopic (exact) mass is 312 g/mol. The number of amides is 1. The zero-order chi connectivity index (χ0) is 14.9. The molecule has 6 heteroatoms. The Morgan fingerprint density at radius 1 is 1.30 bits per heavy atom. The number of carbonyl (C=O) groups excluding carboxylic acids is 1. The largest absolute Gasteiger partial charge is 0.360 e. The van der Waals surface area contributed by atoms with E-state index in [2.05, 4.69) is 10.5 Å². The van der Waals surface area contributed by atoms with E-state index >= 15 is 0 Å². The summed E-state index contributed by atoms with van der Waals surface area (Å²) in [7, 11) is 0. The van der Waals surface area contributed by atoms with Crippen molar-refractivity contribution in [3.05, 3.63) is 45.3 Å². The number of benzene rings is 1.